The second kappa shape index (κ2) is 5.86. The third-order valence-corrected chi connectivity index (χ3v) is 2.67. The van der Waals surface area contributed by atoms with Crippen LogP contribution in [0.4, 0.5) is 5.69 Å². The van der Waals surface area contributed by atoms with Crippen molar-refractivity contribution in [1.82, 2.24) is 9.88 Å². The molecule has 6 heteroatoms. The van der Waals surface area contributed by atoms with Crippen LogP contribution in [0.15, 0.2) is 21.7 Å². The van der Waals surface area contributed by atoms with Gasteiger partial charge >= 0.3 is 0 Å². The number of anilines is 1. The van der Waals surface area contributed by atoms with Crippen LogP contribution in [0.25, 0.3) is 0 Å². The van der Waals surface area contributed by atoms with Gasteiger partial charge in [0.25, 0.3) is 0 Å². The lowest BCUT2D eigenvalue weighted by Gasteiger charge is -2.10. The van der Waals surface area contributed by atoms with Crippen LogP contribution in [-0.4, -0.2) is 16.5 Å². The Balaban J connectivity index is 2.64. The topological polar surface area (TPSA) is 77.1 Å². The van der Waals surface area contributed by atoms with E-state index in [9.17, 15) is 9.59 Å². The molecular weight excluding hydrogens is 286 g/mol. The van der Waals surface area contributed by atoms with Crippen molar-refractivity contribution in [2.75, 3.05) is 5.73 Å². The Morgan fingerprint density at radius 1 is 1.53 bits per heavy atom. The number of nitrogens with one attached hydrogen (secondary N) is 1. The highest BCUT2D eigenvalue weighted by molar-refractivity contribution is 9.10. The van der Waals surface area contributed by atoms with E-state index in [4.69, 9.17) is 5.73 Å². The predicted octanol–water partition coefficient (Wildman–Crippen LogP) is 1.11. The maximum atomic E-state index is 11.4. The van der Waals surface area contributed by atoms with E-state index in [1.807, 2.05) is 13.8 Å². The Morgan fingerprint density at radius 3 is 2.71 bits per heavy atom. The number of nitrogens with two attached hydrogens (primary N) is 1. The lowest BCUT2D eigenvalue weighted by Crippen LogP contribution is -2.30. The molecular formula is C11H16BrN3O2. The highest BCUT2D eigenvalue weighted by Crippen LogP contribution is 2.06. The van der Waals surface area contributed by atoms with Crippen LogP contribution in [0.1, 0.15) is 20.3 Å². The van der Waals surface area contributed by atoms with Gasteiger partial charge in [0.1, 0.15) is 0 Å². The highest BCUT2D eigenvalue weighted by atomic mass is 79.9. The Hall–Kier alpha value is -1.30. The SMILES string of the molecule is CC(C)NC(=O)CCn1cc(N)c(=O)c(Br)c1. The highest BCUT2D eigenvalue weighted by Gasteiger charge is 2.05. The fraction of sp³-hybridized carbons (Fsp3) is 0.455. The molecule has 0 bridgehead atoms. The number of halogens is 1. The van der Waals surface area contributed by atoms with E-state index in [-0.39, 0.29) is 23.1 Å². The van der Waals surface area contributed by atoms with E-state index in [0.29, 0.717) is 17.4 Å². The first kappa shape index (κ1) is 13.8. The molecule has 5 nitrogen and oxygen atoms in total. The molecule has 0 spiro atoms. The minimum atomic E-state index is -0.229. The molecule has 3 N–H and O–H groups in total. The average molecular weight is 302 g/mol. The fourth-order valence-corrected chi connectivity index (χ4v) is 1.86. The summed E-state index contributed by atoms with van der Waals surface area (Å²) >= 11 is 3.13. The molecule has 1 aromatic heterocycles. The standard InChI is InChI=1S/C11H16BrN3O2/c1-7(2)14-10(16)3-4-15-5-8(12)11(17)9(13)6-15/h5-7H,3-4,13H2,1-2H3,(H,14,16). The monoisotopic (exact) mass is 301 g/mol. The number of nitrogens with zero attached hydrogens (tertiary/aromatic N) is 1. The zero-order chi connectivity index (χ0) is 13.0. The van der Waals surface area contributed by atoms with Gasteiger partial charge in [0, 0.05) is 31.4 Å². The quantitative estimate of drug-likeness (QED) is 0.874. The number of amides is 1. The minimum Gasteiger partial charge on any atom is -0.394 e. The van der Waals surface area contributed by atoms with Crippen molar-refractivity contribution < 1.29 is 4.79 Å². The molecule has 0 aliphatic heterocycles. The summed E-state index contributed by atoms with van der Waals surface area (Å²) in [6, 6.07) is 0.133. The van der Waals surface area contributed by atoms with Crippen LogP contribution >= 0.6 is 15.9 Å². The number of rotatable bonds is 4. The number of hydrogen-bond donors (Lipinski definition) is 2. The molecule has 1 amide bonds. The number of hydrogen-bond acceptors (Lipinski definition) is 3. The molecule has 17 heavy (non-hydrogen) atoms. The first-order valence-corrected chi connectivity index (χ1v) is 6.14. The number of nitrogen functional groups attached to an aromatic ring is 1. The second-order valence-corrected chi connectivity index (χ2v) is 4.95. The van der Waals surface area contributed by atoms with Gasteiger partial charge in [-0.05, 0) is 29.8 Å². The third kappa shape index (κ3) is 4.22. The van der Waals surface area contributed by atoms with Gasteiger partial charge in [-0.15, -0.1) is 0 Å². The maximum absolute atomic E-state index is 11.4. The molecule has 0 saturated heterocycles. The number of aryl methyl sites for hydroxylation is 1. The van der Waals surface area contributed by atoms with Crippen LogP contribution in [0.5, 0.6) is 0 Å². The molecule has 1 rings (SSSR count). The van der Waals surface area contributed by atoms with Crippen molar-refractivity contribution in [3.05, 3.63) is 27.1 Å². The predicted molar refractivity (Wildman–Crippen MR) is 70.7 cm³/mol. The van der Waals surface area contributed by atoms with Gasteiger partial charge in [-0.1, -0.05) is 0 Å². The van der Waals surface area contributed by atoms with Crippen molar-refractivity contribution >= 4 is 27.5 Å². The van der Waals surface area contributed by atoms with Gasteiger partial charge in [0.2, 0.25) is 11.3 Å². The molecule has 0 saturated carbocycles. The zero-order valence-electron chi connectivity index (χ0n) is 9.87. The number of aromatic nitrogens is 1. The van der Waals surface area contributed by atoms with Crippen LogP contribution < -0.4 is 16.5 Å². The average Bonchev–Trinajstić information content (AvgIpc) is 2.22. The van der Waals surface area contributed by atoms with Crippen LogP contribution in [0.2, 0.25) is 0 Å². The summed E-state index contributed by atoms with van der Waals surface area (Å²) in [7, 11) is 0. The molecule has 1 heterocycles. The van der Waals surface area contributed by atoms with Gasteiger partial charge in [-0.2, -0.15) is 0 Å². The van der Waals surface area contributed by atoms with E-state index in [2.05, 4.69) is 21.2 Å². The molecule has 0 aliphatic rings. The molecule has 0 radical (unpaired) electrons. The molecule has 0 atom stereocenters. The Bertz CT molecular complexity index is 442. The Labute approximate surface area is 108 Å². The van der Waals surface area contributed by atoms with Gasteiger partial charge in [-0.3, -0.25) is 9.59 Å². The Morgan fingerprint density at radius 2 is 2.18 bits per heavy atom. The third-order valence-electron chi connectivity index (χ3n) is 2.11. The van der Waals surface area contributed by atoms with Crippen molar-refractivity contribution in [2.24, 2.45) is 0 Å². The summed E-state index contributed by atoms with van der Waals surface area (Å²) < 4.78 is 2.13. The van der Waals surface area contributed by atoms with E-state index < -0.39 is 0 Å². The molecule has 0 fully saturated rings. The lowest BCUT2D eigenvalue weighted by molar-refractivity contribution is -0.121. The summed E-state index contributed by atoms with van der Waals surface area (Å²) in [5.41, 5.74) is 5.49. The molecule has 1 aromatic rings. The van der Waals surface area contributed by atoms with Gasteiger partial charge in [-0.25, -0.2) is 0 Å². The maximum Gasteiger partial charge on any atom is 0.221 e. The summed E-state index contributed by atoms with van der Waals surface area (Å²) in [4.78, 5) is 22.8. The van der Waals surface area contributed by atoms with Crippen LogP contribution in [-0.2, 0) is 11.3 Å². The first-order valence-electron chi connectivity index (χ1n) is 5.34. The first-order chi connectivity index (χ1) is 7.90. The summed E-state index contributed by atoms with van der Waals surface area (Å²) in [6.45, 7) is 4.30. The molecule has 94 valence electrons. The second-order valence-electron chi connectivity index (χ2n) is 4.10. The van der Waals surface area contributed by atoms with E-state index in [0.717, 1.165) is 0 Å². The summed E-state index contributed by atoms with van der Waals surface area (Å²) in [5, 5.41) is 2.80. The zero-order valence-corrected chi connectivity index (χ0v) is 11.5. The summed E-state index contributed by atoms with van der Waals surface area (Å²) in [6.07, 6.45) is 3.52. The van der Waals surface area contributed by atoms with Crippen molar-refractivity contribution in [2.45, 2.75) is 32.9 Å². The molecule has 0 aromatic carbocycles. The minimum absolute atomic E-state index is 0.0200. The summed E-state index contributed by atoms with van der Waals surface area (Å²) in [5.74, 6) is -0.0200. The van der Waals surface area contributed by atoms with Gasteiger partial charge in [0.15, 0.2) is 0 Å². The molecule has 0 aliphatic carbocycles. The van der Waals surface area contributed by atoms with Gasteiger partial charge < -0.3 is 15.6 Å². The largest absolute Gasteiger partial charge is 0.394 e. The number of pyridine rings is 1. The van der Waals surface area contributed by atoms with Crippen molar-refractivity contribution in [3.8, 4) is 0 Å². The van der Waals surface area contributed by atoms with Crippen molar-refractivity contribution in [3.63, 3.8) is 0 Å². The Kier molecular flexibility index (Phi) is 4.74. The normalized spacial score (nSPS) is 10.6. The van der Waals surface area contributed by atoms with E-state index in [1.54, 1.807) is 10.8 Å². The van der Waals surface area contributed by atoms with E-state index in [1.165, 1.54) is 6.20 Å². The smallest absolute Gasteiger partial charge is 0.221 e. The molecule has 0 unspecified atom stereocenters. The fourth-order valence-electron chi connectivity index (χ4n) is 1.37. The van der Waals surface area contributed by atoms with Gasteiger partial charge in [0.05, 0.1) is 10.2 Å². The van der Waals surface area contributed by atoms with E-state index >= 15 is 0 Å². The number of carbonyl (C=O) groups is 1. The number of carbonyl (C=O) groups excluding carboxylic acids is 1. The van der Waals surface area contributed by atoms with Crippen molar-refractivity contribution in [1.29, 1.82) is 0 Å². The van der Waals surface area contributed by atoms with Crippen LogP contribution in [0, 0.1) is 0 Å². The van der Waals surface area contributed by atoms with Crippen LogP contribution in [0.3, 0.4) is 0 Å². The lowest BCUT2D eigenvalue weighted by atomic mass is 10.3.